The van der Waals surface area contributed by atoms with Crippen LogP contribution < -0.4 is 0 Å². The maximum Gasteiger partial charge on any atom is 0.309 e. The minimum atomic E-state index is -3.63. The molecule has 0 radical (unpaired) electrons. The quantitative estimate of drug-likeness (QED) is 0.422. The van der Waals surface area contributed by atoms with Gasteiger partial charge in [-0.05, 0) is 5.56 Å². The first-order valence-corrected chi connectivity index (χ1v) is 8.03. The largest absolute Gasteiger partial charge is 0.469 e. The van der Waals surface area contributed by atoms with E-state index in [4.69, 9.17) is 0 Å². The topological polar surface area (TPSA) is 107 Å². The van der Waals surface area contributed by atoms with E-state index >= 15 is 0 Å². The molecular weight excluding hydrogens is 312 g/mol. The van der Waals surface area contributed by atoms with Gasteiger partial charge in [0.05, 0.1) is 23.7 Å². The molecule has 0 spiro atoms. The summed E-state index contributed by atoms with van der Waals surface area (Å²) in [6.45, 7) is 1.58. The first kappa shape index (κ1) is 18.1. The summed E-state index contributed by atoms with van der Waals surface area (Å²) < 4.78 is 30.0. The van der Waals surface area contributed by atoms with Crippen LogP contribution in [0, 0.1) is 16.0 Å². The van der Waals surface area contributed by atoms with Crippen LogP contribution in [0.1, 0.15) is 12.5 Å². The normalized spacial score (nSPS) is 12.9. The van der Waals surface area contributed by atoms with Crippen molar-refractivity contribution in [2.45, 2.75) is 12.7 Å². The number of nitro groups is 1. The summed E-state index contributed by atoms with van der Waals surface area (Å²) in [5.41, 5.74) is 0.331. The number of nitrogens with zero attached hydrogens (tertiary/aromatic N) is 2. The van der Waals surface area contributed by atoms with Gasteiger partial charge in [-0.15, -0.1) is 0 Å². The number of rotatable bonds is 7. The van der Waals surface area contributed by atoms with Gasteiger partial charge in [0.1, 0.15) is 0 Å². The monoisotopic (exact) mass is 330 g/mol. The first-order valence-electron chi connectivity index (χ1n) is 6.42. The fourth-order valence-electron chi connectivity index (χ4n) is 1.81. The zero-order valence-electron chi connectivity index (χ0n) is 12.6. The number of non-ortho nitro benzene ring substituents is 1. The molecule has 0 amide bonds. The third-order valence-electron chi connectivity index (χ3n) is 3.11. The van der Waals surface area contributed by atoms with E-state index in [2.05, 4.69) is 4.74 Å². The van der Waals surface area contributed by atoms with E-state index in [1.807, 2.05) is 0 Å². The molecule has 0 aliphatic heterocycles. The number of carbonyl (C=O) groups is 1. The second-order valence-corrected chi connectivity index (χ2v) is 6.96. The van der Waals surface area contributed by atoms with Crippen molar-refractivity contribution in [1.29, 1.82) is 0 Å². The predicted molar refractivity (Wildman–Crippen MR) is 79.5 cm³/mol. The van der Waals surface area contributed by atoms with Crippen LogP contribution in [-0.2, 0) is 25.3 Å². The molecule has 1 rings (SSSR count). The van der Waals surface area contributed by atoms with Crippen LogP contribution in [-0.4, -0.2) is 44.3 Å². The molecule has 1 atom stereocenters. The number of hydrogen-bond donors (Lipinski definition) is 0. The van der Waals surface area contributed by atoms with Gasteiger partial charge < -0.3 is 4.74 Å². The Balaban J connectivity index is 2.77. The van der Waals surface area contributed by atoms with E-state index < -0.39 is 26.8 Å². The lowest BCUT2D eigenvalue weighted by Gasteiger charge is -2.20. The summed E-state index contributed by atoms with van der Waals surface area (Å²) in [4.78, 5) is 21.3. The fourth-order valence-corrected chi connectivity index (χ4v) is 3.09. The summed E-state index contributed by atoms with van der Waals surface area (Å²) in [5, 5.41) is 10.6. The van der Waals surface area contributed by atoms with Crippen LogP contribution in [0.5, 0.6) is 0 Å². The number of hydrogen-bond acceptors (Lipinski definition) is 6. The molecule has 9 heteroatoms. The Bertz CT molecular complexity index is 641. The van der Waals surface area contributed by atoms with Gasteiger partial charge in [0.25, 0.3) is 5.69 Å². The summed E-state index contributed by atoms with van der Waals surface area (Å²) in [7, 11) is -1.01. The van der Waals surface area contributed by atoms with Crippen molar-refractivity contribution in [1.82, 2.24) is 4.31 Å². The zero-order chi connectivity index (χ0) is 16.9. The van der Waals surface area contributed by atoms with E-state index in [-0.39, 0.29) is 18.0 Å². The van der Waals surface area contributed by atoms with Crippen molar-refractivity contribution >= 4 is 21.7 Å². The van der Waals surface area contributed by atoms with E-state index in [0.717, 1.165) is 4.31 Å². The van der Waals surface area contributed by atoms with Crippen molar-refractivity contribution < 1.29 is 22.9 Å². The highest BCUT2D eigenvalue weighted by atomic mass is 32.2. The molecule has 0 fully saturated rings. The van der Waals surface area contributed by atoms with Crippen LogP contribution >= 0.6 is 0 Å². The van der Waals surface area contributed by atoms with Crippen LogP contribution in [0.3, 0.4) is 0 Å². The number of methoxy groups -OCH3 is 1. The first-order chi connectivity index (χ1) is 10.2. The summed E-state index contributed by atoms with van der Waals surface area (Å²) in [5.74, 6) is -1.37. The molecule has 0 saturated heterocycles. The Labute approximate surface area is 128 Å². The van der Waals surface area contributed by atoms with E-state index in [1.54, 1.807) is 6.92 Å². The van der Waals surface area contributed by atoms with Gasteiger partial charge in [0.2, 0.25) is 10.0 Å². The standard InChI is InChI=1S/C13H18N2O6S/c1-10(13(16)21-3)8-14(2)22(19,20)9-11-4-6-12(7-5-11)15(17)18/h4-7,10H,8-9H2,1-3H3. The lowest BCUT2D eigenvalue weighted by atomic mass is 10.2. The highest BCUT2D eigenvalue weighted by Crippen LogP contribution is 2.16. The molecule has 1 aromatic rings. The third-order valence-corrected chi connectivity index (χ3v) is 4.90. The molecule has 0 aliphatic carbocycles. The number of esters is 1. The van der Waals surface area contributed by atoms with Gasteiger partial charge in [0, 0.05) is 25.7 Å². The maximum absolute atomic E-state index is 12.2. The molecule has 0 aromatic heterocycles. The second kappa shape index (κ2) is 7.32. The molecule has 0 aliphatic rings. The van der Waals surface area contributed by atoms with Crippen LogP contribution in [0.2, 0.25) is 0 Å². The Morgan fingerprint density at radius 2 is 1.91 bits per heavy atom. The average molecular weight is 330 g/mol. The van der Waals surface area contributed by atoms with E-state index in [9.17, 15) is 23.3 Å². The van der Waals surface area contributed by atoms with Crippen molar-refractivity contribution in [3.8, 4) is 0 Å². The van der Waals surface area contributed by atoms with Crippen LogP contribution in [0.4, 0.5) is 5.69 Å². The molecule has 1 aromatic carbocycles. The predicted octanol–water partition coefficient (Wildman–Crippen LogP) is 1.17. The van der Waals surface area contributed by atoms with Gasteiger partial charge >= 0.3 is 5.97 Å². The Morgan fingerprint density at radius 3 is 2.36 bits per heavy atom. The van der Waals surface area contributed by atoms with Gasteiger partial charge in [-0.2, -0.15) is 0 Å². The molecule has 0 heterocycles. The van der Waals surface area contributed by atoms with Crippen molar-refractivity contribution in [3.05, 3.63) is 39.9 Å². The number of sulfonamides is 1. The Morgan fingerprint density at radius 1 is 1.36 bits per heavy atom. The lowest BCUT2D eigenvalue weighted by Crippen LogP contribution is -2.34. The second-order valence-electron chi connectivity index (χ2n) is 4.88. The van der Waals surface area contributed by atoms with Gasteiger partial charge in [0.15, 0.2) is 0 Å². The molecule has 0 saturated carbocycles. The Hall–Kier alpha value is -2.00. The Kier molecular flexibility index (Phi) is 6.01. The van der Waals surface area contributed by atoms with Crippen molar-refractivity contribution in [2.75, 3.05) is 20.7 Å². The zero-order valence-corrected chi connectivity index (χ0v) is 13.4. The van der Waals surface area contributed by atoms with Gasteiger partial charge in [-0.25, -0.2) is 12.7 Å². The third kappa shape index (κ3) is 4.78. The maximum atomic E-state index is 12.2. The summed E-state index contributed by atoms with van der Waals surface area (Å²) >= 11 is 0. The molecule has 122 valence electrons. The highest BCUT2D eigenvalue weighted by Gasteiger charge is 2.24. The smallest absolute Gasteiger partial charge is 0.309 e. The van der Waals surface area contributed by atoms with Gasteiger partial charge in [-0.3, -0.25) is 14.9 Å². The minimum absolute atomic E-state index is 0.00197. The molecule has 8 nitrogen and oxygen atoms in total. The highest BCUT2D eigenvalue weighted by molar-refractivity contribution is 7.88. The van der Waals surface area contributed by atoms with Crippen molar-refractivity contribution in [2.24, 2.45) is 5.92 Å². The minimum Gasteiger partial charge on any atom is -0.469 e. The average Bonchev–Trinajstić information content (AvgIpc) is 2.46. The molecule has 1 unspecified atom stereocenters. The summed E-state index contributed by atoms with van der Waals surface area (Å²) in [6, 6.07) is 5.30. The van der Waals surface area contributed by atoms with Crippen molar-refractivity contribution in [3.63, 3.8) is 0 Å². The number of benzene rings is 1. The number of nitro benzene ring substituents is 1. The fraction of sp³-hybridized carbons (Fsp3) is 0.462. The van der Waals surface area contributed by atoms with Gasteiger partial charge in [-0.1, -0.05) is 19.1 Å². The lowest BCUT2D eigenvalue weighted by molar-refractivity contribution is -0.384. The molecular formula is C13H18N2O6S. The number of carbonyl (C=O) groups excluding carboxylic acids is 1. The SMILES string of the molecule is COC(=O)C(C)CN(C)S(=O)(=O)Cc1ccc([N+](=O)[O-])cc1. The molecule has 0 bridgehead atoms. The van der Waals surface area contributed by atoms with E-state index in [0.29, 0.717) is 5.56 Å². The van der Waals surface area contributed by atoms with Crippen LogP contribution in [0.15, 0.2) is 24.3 Å². The van der Waals surface area contributed by atoms with E-state index in [1.165, 1.54) is 38.4 Å². The molecule has 0 N–H and O–H groups in total. The summed E-state index contributed by atoms with van der Waals surface area (Å²) in [6.07, 6.45) is 0. The molecule has 22 heavy (non-hydrogen) atoms. The van der Waals surface area contributed by atoms with Crippen LogP contribution in [0.25, 0.3) is 0 Å². The number of ether oxygens (including phenoxy) is 1.